The number of aryl methyl sites for hydroxylation is 2. The van der Waals surface area contributed by atoms with E-state index in [4.69, 9.17) is 11.6 Å². The zero-order valence-electron chi connectivity index (χ0n) is 17.7. The van der Waals surface area contributed by atoms with Crippen molar-refractivity contribution < 1.29 is 9.59 Å². The van der Waals surface area contributed by atoms with Crippen LogP contribution in [0.25, 0.3) is 10.2 Å². The van der Waals surface area contributed by atoms with E-state index in [0.29, 0.717) is 15.7 Å². The SMILES string of the molecule is Cc1cc(C)c2nc(NC(=O)C[C@@H](NC(=O)c3ccccc3Cl)c3ccccc3)sc2c1. The molecule has 0 radical (unpaired) electrons. The van der Waals surface area contributed by atoms with Crippen LogP contribution in [0.4, 0.5) is 5.13 Å². The Labute approximate surface area is 195 Å². The summed E-state index contributed by atoms with van der Waals surface area (Å²) in [6.07, 6.45) is 0.0636. The van der Waals surface area contributed by atoms with Gasteiger partial charge in [-0.1, -0.05) is 71.5 Å². The standard InChI is InChI=1S/C25H22ClN3O2S/c1-15-12-16(2)23-21(13-15)32-25(29-23)28-22(30)14-20(17-8-4-3-5-9-17)27-24(31)18-10-6-7-11-19(18)26/h3-13,20H,14H2,1-2H3,(H,27,31)(H,28,29,30)/t20-/m1/s1. The molecule has 0 aliphatic heterocycles. The number of rotatable bonds is 6. The molecule has 0 aliphatic rings. The van der Waals surface area contributed by atoms with Crippen molar-refractivity contribution in [1.29, 1.82) is 0 Å². The lowest BCUT2D eigenvalue weighted by molar-refractivity contribution is -0.116. The lowest BCUT2D eigenvalue weighted by Crippen LogP contribution is -2.31. The molecule has 4 rings (SSSR count). The van der Waals surface area contributed by atoms with E-state index in [1.54, 1.807) is 24.3 Å². The van der Waals surface area contributed by atoms with Gasteiger partial charge in [-0.25, -0.2) is 4.98 Å². The van der Waals surface area contributed by atoms with Gasteiger partial charge >= 0.3 is 0 Å². The lowest BCUT2D eigenvalue weighted by Gasteiger charge is -2.19. The molecule has 0 saturated heterocycles. The number of hydrogen-bond donors (Lipinski definition) is 2. The molecule has 162 valence electrons. The molecule has 0 bridgehead atoms. The average Bonchev–Trinajstić information content (AvgIpc) is 3.16. The normalized spacial score (nSPS) is 11.8. The minimum absolute atomic E-state index is 0.0636. The highest BCUT2D eigenvalue weighted by Crippen LogP contribution is 2.30. The molecule has 0 aliphatic carbocycles. The Bertz CT molecular complexity index is 1290. The summed E-state index contributed by atoms with van der Waals surface area (Å²) in [7, 11) is 0. The number of carbonyl (C=O) groups is 2. The summed E-state index contributed by atoms with van der Waals surface area (Å²) < 4.78 is 1.03. The first-order valence-corrected chi connectivity index (χ1v) is 11.4. The number of fused-ring (bicyclic) bond motifs is 1. The van der Waals surface area contributed by atoms with Crippen molar-refractivity contribution in [2.75, 3.05) is 5.32 Å². The highest BCUT2D eigenvalue weighted by atomic mass is 35.5. The van der Waals surface area contributed by atoms with Gasteiger partial charge in [0.05, 0.1) is 33.3 Å². The first-order chi connectivity index (χ1) is 15.4. The van der Waals surface area contributed by atoms with E-state index in [2.05, 4.69) is 27.8 Å². The summed E-state index contributed by atoms with van der Waals surface area (Å²) in [5.41, 5.74) is 4.32. The number of anilines is 1. The molecular weight excluding hydrogens is 442 g/mol. The maximum atomic E-state index is 12.9. The van der Waals surface area contributed by atoms with E-state index in [1.165, 1.54) is 11.3 Å². The summed E-state index contributed by atoms with van der Waals surface area (Å²) in [6, 6.07) is 19.9. The van der Waals surface area contributed by atoms with Crippen LogP contribution in [0, 0.1) is 13.8 Å². The van der Waals surface area contributed by atoms with Crippen LogP contribution in [0.5, 0.6) is 0 Å². The van der Waals surface area contributed by atoms with Crippen LogP contribution in [0.15, 0.2) is 66.7 Å². The Balaban J connectivity index is 1.53. The Kier molecular flexibility index (Phi) is 6.53. The second kappa shape index (κ2) is 9.51. The highest BCUT2D eigenvalue weighted by Gasteiger charge is 2.21. The van der Waals surface area contributed by atoms with Crippen molar-refractivity contribution in [1.82, 2.24) is 10.3 Å². The van der Waals surface area contributed by atoms with Gasteiger partial charge in [-0.15, -0.1) is 0 Å². The van der Waals surface area contributed by atoms with Gasteiger partial charge < -0.3 is 10.6 Å². The fourth-order valence-electron chi connectivity index (χ4n) is 3.60. The van der Waals surface area contributed by atoms with Gasteiger partial charge in [0.2, 0.25) is 5.91 Å². The van der Waals surface area contributed by atoms with Gasteiger partial charge in [-0.05, 0) is 48.7 Å². The molecule has 0 saturated carbocycles. The number of amides is 2. The fraction of sp³-hybridized carbons (Fsp3) is 0.160. The molecule has 2 amide bonds. The van der Waals surface area contributed by atoms with Crippen LogP contribution in [0.3, 0.4) is 0 Å². The molecule has 3 aromatic carbocycles. The van der Waals surface area contributed by atoms with Crippen LogP contribution in [-0.4, -0.2) is 16.8 Å². The minimum atomic E-state index is -0.515. The number of hydrogen-bond acceptors (Lipinski definition) is 4. The van der Waals surface area contributed by atoms with Crippen molar-refractivity contribution >= 4 is 50.1 Å². The third-order valence-corrected chi connectivity index (χ3v) is 6.34. The molecule has 1 aromatic heterocycles. The van der Waals surface area contributed by atoms with Gasteiger partial charge in [-0.2, -0.15) is 0 Å². The summed E-state index contributed by atoms with van der Waals surface area (Å²) in [5, 5.41) is 6.75. The van der Waals surface area contributed by atoms with Gasteiger partial charge in [-0.3, -0.25) is 9.59 Å². The van der Waals surface area contributed by atoms with Gasteiger partial charge in [0.25, 0.3) is 5.91 Å². The molecule has 1 heterocycles. The second-order valence-corrected chi connectivity index (χ2v) is 9.05. The predicted octanol–water partition coefficient (Wildman–Crippen LogP) is 6.07. The molecule has 0 unspecified atom stereocenters. The Morgan fingerprint density at radius 3 is 2.50 bits per heavy atom. The summed E-state index contributed by atoms with van der Waals surface area (Å²) >= 11 is 7.62. The first-order valence-electron chi connectivity index (χ1n) is 10.2. The number of carbonyl (C=O) groups excluding carboxylic acids is 2. The number of nitrogens with one attached hydrogen (secondary N) is 2. The Hall–Kier alpha value is -3.22. The van der Waals surface area contributed by atoms with E-state index in [0.717, 1.165) is 26.9 Å². The van der Waals surface area contributed by atoms with E-state index in [1.807, 2.05) is 44.2 Å². The second-order valence-electron chi connectivity index (χ2n) is 7.62. The van der Waals surface area contributed by atoms with Crippen LogP contribution >= 0.6 is 22.9 Å². The van der Waals surface area contributed by atoms with Crippen molar-refractivity contribution in [3.63, 3.8) is 0 Å². The minimum Gasteiger partial charge on any atom is -0.345 e. The number of thiazole rings is 1. The summed E-state index contributed by atoms with van der Waals surface area (Å²) in [4.78, 5) is 30.3. The topological polar surface area (TPSA) is 71.1 Å². The molecule has 2 N–H and O–H groups in total. The third kappa shape index (κ3) is 4.98. The predicted molar refractivity (Wildman–Crippen MR) is 130 cm³/mol. The van der Waals surface area contributed by atoms with E-state index >= 15 is 0 Å². The lowest BCUT2D eigenvalue weighted by atomic mass is 10.0. The number of aromatic nitrogens is 1. The van der Waals surface area contributed by atoms with Gasteiger partial charge in [0.1, 0.15) is 0 Å². The molecule has 7 heteroatoms. The van der Waals surface area contributed by atoms with Crippen molar-refractivity contribution in [2.24, 2.45) is 0 Å². The van der Waals surface area contributed by atoms with E-state index in [-0.39, 0.29) is 18.2 Å². The maximum absolute atomic E-state index is 12.9. The molecule has 0 spiro atoms. The smallest absolute Gasteiger partial charge is 0.253 e. The maximum Gasteiger partial charge on any atom is 0.253 e. The van der Waals surface area contributed by atoms with E-state index in [9.17, 15) is 9.59 Å². The largest absolute Gasteiger partial charge is 0.345 e. The first kappa shape index (κ1) is 22.0. The zero-order valence-corrected chi connectivity index (χ0v) is 19.3. The quantitative estimate of drug-likeness (QED) is 0.364. The van der Waals surface area contributed by atoms with Gasteiger partial charge in [0.15, 0.2) is 5.13 Å². The summed E-state index contributed by atoms with van der Waals surface area (Å²) in [6.45, 7) is 4.05. The van der Waals surface area contributed by atoms with Crippen molar-refractivity contribution in [3.8, 4) is 0 Å². The van der Waals surface area contributed by atoms with Crippen LogP contribution in [0.1, 0.15) is 39.5 Å². The molecular formula is C25H22ClN3O2S. The van der Waals surface area contributed by atoms with Crippen LogP contribution < -0.4 is 10.6 Å². The molecule has 0 fully saturated rings. The molecule has 1 atom stereocenters. The van der Waals surface area contributed by atoms with Crippen molar-refractivity contribution in [3.05, 3.63) is 94.0 Å². The fourth-order valence-corrected chi connectivity index (χ4v) is 4.88. The van der Waals surface area contributed by atoms with Crippen LogP contribution in [-0.2, 0) is 4.79 Å². The van der Waals surface area contributed by atoms with Crippen molar-refractivity contribution in [2.45, 2.75) is 26.3 Å². The average molecular weight is 464 g/mol. The van der Waals surface area contributed by atoms with Crippen LogP contribution in [0.2, 0.25) is 5.02 Å². The number of benzene rings is 3. The molecule has 4 aromatic rings. The molecule has 5 nitrogen and oxygen atoms in total. The zero-order chi connectivity index (χ0) is 22.7. The summed E-state index contributed by atoms with van der Waals surface area (Å²) in [5.74, 6) is -0.560. The Morgan fingerprint density at radius 1 is 1.03 bits per heavy atom. The third-order valence-electron chi connectivity index (χ3n) is 5.09. The molecule has 32 heavy (non-hydrogen) atoms. The van der Waals surface area contributed by atoms with E-state index < -0.39 is 6.04 Å². The Morgan fingerprint density at radius 2 is 1.75 bits per heavy atom. The highest BCUT2D eigenvalue weighted by molar-refractivity contribution is 7.22. The number of halogens is 1. The number of nitrogens with zero attached hydrogens (tertiary/aromatic N) is 1. The monoisotopic (exact) mass is 463 g/mol. The van der Waals surface area contributed by atoms with Gasteiger partial charge in [0, 0.05) is 0 Å².